The summed E-state index contributed by atoms with van der Waals surface area (Å²) in [6.07, 6.45) is 0. The summed E-state index contributed by atoms with van der Waals surface area (Å²) in [5, 5.41) is 2.99. The highest BCUT2D eigenvalue weighted by Gasteiger charge is 2.28. The Kier molecular flexibility index (Phi) is 3.65. The van der Waals surface area contributed by atoms with Crippen molar-refractivity contribution >= 4 is 27.5 Å². The van der Waals surface area contributed by atoms with Gasteiger partial charge in [-0.15, -0.1) is 4.40 Å². The van der Waals surface area contributed by atoms with Crippen molar-refractivity contribution in [2.45, 2.75) is 4.90 Å². The Morgan fingerprint density at radius 3 is 2.35 bits per heavy atom. The Morgan fingerprint density at radius 1 is 1.04 bits per heavy atom. The van der Waals surface area contributed by atoms with E-state index in [0.717, 1.165) is 0 Å². The standard InChI is InChI=1S/C16H15N3O3S/c1-19(2)16(20)11-7-9-12(10-8-11)17-15-13-5-3-4-6-14(13)23(21,22)18-15/h3-10H,1-2H3,(H,17,18). The third-order valence-corrected chi connectivity index (χ3v) is 4.77. The van der Waals surface area contributed by atoms with Crippen LogP contribution >= 0.6 is 0 Å². The third-order valence-electron chi connectivity index (χ3n) is 3.43. The van der Waals surface area contributed by atoms with Gasteiger partial charge in [0.05, 0.1) is 0 Å². The summed E-state index contributed by atoms with van der Waals surface area (Å²) in [5.41, 5.74) is 1.76. The maximum absolute atomic E-state index is 12.0. The molecule has 0 atom stereocenters. The first kappa shape index (κ1) is 15.2. The summed E-state index contributed by atoms with van der Waals surface area (Å²) >= 11 is 0. The van der Waals surface area contributed by atoms with Crippen LogP contribution in [0.15, 0.2) is 57.8 Å². The van der Waals surface area contributed by atoms with E-state index in [9.17, 15) is 13.2 Å². The largest absolute Gasteiger partial charge is 0.345 e. The van der Waals surface area contributed by atoms with Gasteiger partial charge in [0, 0.05) is 30.9 Å². The van der Waals surface area contributed by atoms with Crippen molar-refractivity contribution in [2.75, 3.05) is 19.4 Å². The Morgan fingerprint density at radius 2 is 1.70 bits per heavy atom. The predicted octanol–water partition coefficient (Wildman–Crippen LogP) is 1.95. The summed E-state index contributed by atoms with van der Waals surface area (Å²) in [4.78, 5) is 13.5. The number of fused-ring (bicyclic) bond motifs is 1. The molecule has 0 spiro atoms. The van der Waals surface area contributed by atoms with Crippen molar-refractivity contribution in [1.82, 2.24) is 4.90 Å². The number of nitrogens with one attached hydrogen (secondary N) is 1. The van der Waals surface area contributed by atoms with Gasteiger partial charge >= 0.3 is 0 Å². The van der Waals surface area contributed by atoms with Gasteiger partial charge in [-0.1, -0.05) is 12.1 Å². The fourth-order valence-corrected chi connectivity index (χ4v) is 3.46. The molecule has 0 aromatic heterocycles. The highest BCUT2D eigenvalue weighted by atomic mass is 32.2. The number of rotatable bonds is 2. The van der Waals surface area contributed by atoms with Crippen LogP contribution < -0.4 is 5.32 Å². The minimum absolute atomic E-state index is 0.0947. The highest BCUT2D eigenvalue weighted by molar-refractivity contribution is 7.90. The lowest BCUT2D eigenvalue weighted by Gasteiger charge is -2.11. The van der Waals surface area contributed by atoms with E-state index in [1.54, 1.807) is 56.6 Å². The molecule has 7 heteroatoms. The second-order valence-corrected chi connectivity index (χ2v) is 6.89. The number of carbonyl (C=O) groups excluding carboxylic acids is 1. The number of sulfonamides is 1. The molecule has 6 nitrogen and oxygen atoms in total. The average molecular weight is 329 g/mol. The Bertz CT molecular complexity index is 900. The lowest BCUT2D eigenvalue weighted by Crippen LogP contribution is -2.21. The molecule has 0 unspecified atom stereocenters. The molecule has 2 aromatic carbocycles. The van der Waals surface area contributed by atoms with E-state index in [0.29, 0.717) is 16.8 Å². The summed E-state index contributed by atoms with van der Waals surface area (Å²) in [7, 11) is -0.275. The number of anilines is 1. The first-order valence-electron chi connectivity index (χ1n) is 6.91. The summed E-state index contributed by atoms with van der Waals surface area (Å²) in [5.74, 6) is 0.190. The van der Waals surface area contributed by atoms with Crippen LogP contribution in [-0.4, -0.2) is 39.2 Å². The van der Waals surface area contributed by atoms with Crippen molar-refractivity contribution < 1.29 is 13.2 Å². The van der Waals surface area contributed by atoms with Crippen molar-refractivity contribution in [3.05, 3.63) is 59.7 Å². The molecule has 2 aromatic rings. The zero-order valence-electron chi connectivity index (χ0n) is 12.6. The fraction of sp³-hybridized carbons (Fsp3) is 0.125. The molecule has 0 saturated heterocycles. The molecule has 0 radical (unpaired) electrons. The maximum Gasteiger partial charge on any atom is 0.285 e. The highest BCUT2D eigenvalue weighted by Crippen LogP contribution is 2.26. The van der Waals surface area contributed by atoms with Crippen LogP contribution in [-0.2, 0) is 10.0 Å². The zero-order valence-corrected chi connectivity index (χ0v) is 13.5. The van der Waals surface area contributed by atoms with Crippen LogP contribution in [0.5, 0.6) is 0 Å². The van der Waals surface area contributed by atoms with Gasteiger partial charge < -0.3 is 10.2 Å². The quantitative estimate of drug-likeness (QED) is 0.913. The van der Waals surface area contributed by atoms with Crippen LogP contribution in [0, 0.1) is 0 Å². The van der Waals surface area contributed by atoms with E-state index in [2.05, 4.69) is 9.71 Å². The topological polar surface area (TPSA) is 78.8 Å². The van der Waals surface area contributed by atoms with E-state index < -0.39 is 10.0 Å². The first-order chi connectivity index (χ1) is 10.9. The van der Waals surface area contributed by atoms with Crippen LogP contribution in [0.25, 0.3) is 0 Å². The summed E-state index contributed by atoms with van der Waals surface area (Å²) < 4.78 is 27.8. The Hall–Kier alpha value is -2.67. The molecule has 1 aliphatic heterocycles. The maximum atomic E-state index is 12.0. The SMILES string of the molecule is CN(C)C(=O)c1ccc(NC2=NS(=O)(=O)c3ccccc32)cc1. The molecule has 0 fully saturated rings. The number of benzene rings is 2. The molecule has 23 heavy (non-hydrogen) atoms. The number of hydrogen-bond acceptors (Lipinski definition) is 4. The molecule has 0 saturated carbocycles. The summed E-state index contributed by atoms with van der Waals surface area (Å²) in [6.45, 7) is 0. The van der Waals surface area contributed by atoms with Crippen molar-refractivity contribution in [2.24, 2.45) is 4.40 Å². The van der Waals surface area contributed by atoms with E-state index in [1.165, 1.54) is 11.0 Å². The molecule has 0 aliphatic carbocycles. The van der Waals surface area contributed by atoms with Crippen LogP contribution in [0.2, 0.25) is 0 Å². The molecule has 1 heterocycles. The van der Waals surface area contributed by atoms with E-state index >= 15 is 0 Å². The number of amides is 1. The Balaban J connectivity index is 1.88. The normalized spacial score (nSPS) is 14.8. The third kappa shape index (κ3) is 2.83. The van der Waals surface area contributed by atoms with Crippen molar-refractivity contribution in [3.63, 3.8) is 0 Å². The fourth-order valence-electron chi connectivity index (χ4n) is 2.29. The molecular formula is C16H15N3O3S. The first-order valence-corrected chi connectivity index (χ1v) is 8.35. The van der Waals surface area contributed by atoms with Gasteiger partial charge in [-0.3, -0.25) is 4.79 Å². The molecule has 1 aliphatic rings. The van der Waals surface area contributed by atoms with Gasteiger partial charge in [0.25, 0.3) is 15.9 Å². The zero-order chi connectivity index (χ0) is 16.6. The van der Waals surface area contributed by atoms with Gasteiger partial charge in [-0.2, -0.15) is 8.42 Å². The van der Waals surface area contributed by atoms with Crippen LogP contribution in [0.1, 0.15) is 15.9 Å². The lowest BCUT2D eigenvalue weighted by atomic mass is 10.1. The summed E-state index contributed by atoms with van der Waals surface area (Å²) in [6, 6.07) is 13.4. The number of carbonyl (C=O) groups is 1. The van der Waals surface area contributed by atoms with Gasteiger partial charge in [0.15, 0.2) is 5.84 Å². The van der Waals surface area contributed by atoms with Gasteiger partial charge in [0.2, 0.25) is 0 Å². The predicted molar refractivity (Wildman–Crippen MR) is 88.2 cm³/mol. The molecule has 0 bridgehead atoms. The average Bonchev–Trinajstić information content (AvgIpc) is 2.79. The van der Waals surface area contributed by atoms with Gasteiger partial charge in [0.1, 0.15) is 4.90 Å². The van der Waals surface area contributed by atoms with Gasteiger partial charge in [-0.25, -0.2) is 0 Å². The lowest BCUT2D eigenvalue weighted by molar-refractivity contribution is 0.0827. The molecule has 1 N–H and O–H groups in total. The molecule has 3 rings (SSSR count). The number of nitrogens with zero attached hydrogens (tertiary/aromatic N) is 2. The van der Waals surface area contributed by atoms with E-state index in [4.69, 9.17) is 0 Å². The monoisotopic (exact) mass is 329 g/mol. The Labute approximate surface area is 134 Å². The van der Waals surface area contributed by atoms with E-state index in [1.807, 2.05) is 0 Å². The molecule has 118 valence electrons. The van der Waals surface area contributed by atoms with Crippen LogP contribution in [0.4, 0.5) is 5.69 Å². The van der Waals surface area contributed by atoms with Crippen molar-refractivity contribution in [1.29, 1.82) is 0 Å². The second kappa shape index (κ2) is 5.51. The van der Waals surface area contributed by atoms with Crippen molar-refractivity contribution in [3.8, 4) is 0 Å². The molecule has 1 amide bonds. The number of hydrogen-bond donors (Lipinski definition) is 1. The van der Waals surface area contributed by atoms with E-state index in [-0.39, 0.29) is 16.6 Å². The second-order valence-electron chi connectivity index (χ2n) is 5.31. The minimum Gasteiger partial charge on any atom is -0.345 e. The van der Waals surface area contributed by atoms with Crippen LogP contribution in [0.3, 0.4) is 0 Å². The van der Waals surface area contributed by atoms with Gasteiger partial charge in [-0.05, 0) is 36.4 Å². The molecular weight excluding hydrogens is 314 g/mol. The number of amidine groups is 1. The minimum atomic E-state index is -3.64. The smallest absolute Gasteiger partial charge is 0.285 e.